The van der Waals surface area contributed by atoms with Crippen molar-refractivity contribution in [3.8, 4) is 5.75 Å². The predicted octanol–water partition coefficient (Wildman–Crippen LogP) is 3.89. The monoisotopic (exact) mass is 410 g/mol. The first-order valence-corrected chi connectivity index (χ1v) is 11.3. The van der Waals surface area contributed by atoms with Gasteiger partial charge >= 0.3 is 0 Å². The molecular weight excluding hydrogens is 384 g/mol. The van der Waals surface area contributed by atoms with Gasteiger partial charge in [-0.3, -0.25) is 9.10 Å². The highest BCUT2D eigenvalue weighted by molar-refractivity contribution is 7.93. The Labute approximate surface area is 165 Å². The fourth-order valence-electron chi connectivity index (χ4n) is 2.53. The molecule has 0 radical (unpaired) electrons. The molecule has 0 aliphatic heterocycles. The molecule has 6 nitrogen and oxygen atoms in total. The summed E-state index contributed by atoms with van der Waals surface area (Å²) in [7, 11) is -2.36. The van der Waals surface area contributed by atoms with Crippen molar-refractivity contribution in [2.24, 2.45) is 0 Å². The van der Waals surface area contributed by atoms with Crippen LogP contribution in [0.5, 0.6) is 5.75 Å². The summed E-state index contributed by atoms with van der Waals surface area (Å²) in [5, 5.41) is 4.43. The zero-order valence-electron chi connectivity index (χ0n) is 15.9. The SMILES string of the molecule is CCCCCNC(=O)c1sccc1S(=O)(=O)N(C)c1ccc(OCC)cc1. The van der Waals surface area contributed by atoms with Crippen LogP contribution in [0.25, 0.3) is 0 Å². The van der Waals surface area contributed by atoms with E-state index < -0.39 is 10.0 Å². The van der Waals surface area contributed by atoms with Gasteiger partial charge in [-0.25, -0.2) is 8.42 Å². The molecule has 0 aliphatic rings. The first-order valence-electron chi connectivity index (χ1n) is 8.99. The van der Waals surface area contributed by atoms with Gasteiger partial charge in [0.25, 0.3) is 15.9 Å². The average Bonchev–Trinajstić information content (AvgIpc) is 3.16. The van der Waals surface area contributed by atoms with Crippen molar-refractivity contribution in [3.63, 3.8) is 0 Å². The van der Waals surface area contributed by atoms with E-state index in [0.717, 1.165) is 30.6 Å². The van der Waals surface area contributed by atoms with Gasteiger partial charge in [-0.15, -0.1) is 11.3 Å². The van der Waals surface area contributed by atoms with E-state index in [-0.39, 0.29) is 15.7 Å². The highest BCUT2D eigenvalue weighted by Gasteiger charge is 2.28. The Morgan fingerprint density at radius 1 is 1.15 bits per heavy atom. The molecule has 8 heteroatoms. The zero-order valence-corrected chi connectivity index (χ0v) is 17.5. The first kappa shape index (κ1) is 21.2. The maximum atomic E-state index is 13.0. The molecule has 0 aliphatic carbocycles. The van der Waals surface area contributed by atoms with Crippen LogP contribution in [0.15, 0.2) is 40.6 Å². The second-order valence-electron chi connectivity index (χ2n) is 5.98. The van der Waals surface area contributed by atoms with E-state index in [1.54, 1.807) is 29.6 Å². The molecule has 1 N–H and O–H groups in total. The number of unbranched alkanes of at least 4 members (excludes halogenated alkanes) is 2. The van der Waals surface area contributed by atoms with Crippen molar-refractivity contribution in [1.82, 2.24) is 5.32 Å². The lowest BCUT2D eigenvalue weighted by atomic mass is 10.2. The van der Waals surface area contributed by atoms with Crippen LogP contribution in [0.2, 0.25) is 0 Å². The van der Waals surface area contributed by atoms with Gasteiger partial charge in [0.1, 0.15) is 15.5 Å². The lowest BCUT2D eigenvalue weighted by Gasteiger charge is -2.20. The topological polar surface area (TPSA) is 75.7 Å². The Bertz CT molecular complexity index is 845. The van der Waals surface area contributed by atoms with E-state index in [9.17, 15) is 13.2 Å². The Morgan fingerprint density at radius 3 is 2.48 bits per heavy atom. The van der Waals surface area contributed by atoms with E-state index >= 15 is 0 Å². The van der Waals surface area contributed by atoms with Gasteiger partial charge in [0, 0.05) is 13.6 Å². The normalized spacial score (nSPS) is 11.2. The maximum Gasteiger partial charge on any atom is 0.265 e. The van der Waals surface area contributed by atoms with Crippen molar-refractivity contribution in [2.75, 3.05) is 24.5 Å². The van der Waals surface area contributed by atoms with Crippen LogP contribution in [0.4, 0.5) is 5.69 Å². The molecule has 0 atom stereocenters. The number of nitrogens with one attached hydrogen (secondary N) is 1. The molecule has 0 fully saturated rings. The molecule has 0 bridgehead atoms. The summed E-state index contributed by atoms with van der Waals surface area (Å²) in [6.07, 6.45) is 2.96. The van der Waals surface area contributed by atoms with E-state index in [2.05, 4.69) is 12.2 Å². The maximum absolute atomic E-state index is 13.0. The van der Waals surface area contributed by atoms with Crippen molar-refractivity contribution in [2.45, 2.75) is 38.0 Å². The standard InChI is InChI=1S/C19H26N2O4S2/c1-4-6-7-13-20-19(22)18-17(12-14-26-18)27(23,24)21(3)15-8-10-16(11-9-15)25-5-2/h8-12,14H,4-7,13H2,1-3H3,(H,20,22). The van der Waals surface area contributed by atoms with Crippen LogP contribution in [0.3, 0.4) is 0 Å². The number of nitrogens with zero attached hydrogens (tertiary/aromatic N) is 1. The molecule has 2 rings (SSSR count). The smallest absolute Gasteiger partial charge is 0.265 e. The minimum Gasteiger partial charge on any atom is -0.494 e. The fourth-order valence-corrected chi connectivity index (χ4v) is 5.04. The summed E-state index contributed by atoms with van der Waals surface area (Å²) < 4.78 is 32.6. The zero-order chi connectivity index (χ0) is 19.9. The summed E-state index contributed by atoms with van der Waals surface area (Å²) in [6.45, 7) is 5.05. The number of sulfonamides is 1. The van der Waals surface area contributed by atoms with Crippen LogP contribution >= 0.6 is 11.3 Å². The summed E-state index contributed by atoms with van der Waals surface area (Å²) >= 11 is 1.13. The quantitative estimate of drug-likeness (QED) is 0.603. The number of benzene rings is 1. The van der Waals surface area contributed by atoms with Gasteiger partial charge in [-0.2, -0.15) is 0 Å². The van der Waals surface area contributed by atoms with Crippen LogP contribution in [-0.4, -0.2) is 34.5 Å². The molecular formula is C19H26N2O4S2. The number of carbonyl (C=O) groups is 1. The second kappa shape index (κ2) is 9.75. The van der Waals surface area contributed by atoms with Gasteiger partial charge in [-0.05, 0) is 49.1 Å². The molecule has 0 unspecified atom stereocenters. The second-order valence-corrected chi connectivity index (χ2v) is 8.83. The first-order chi connectivity index (χ1) is 12.9. The fraction of sp³-hybridized carbons (Fsp3) is 0.421. The van der Waals surface area contributed by atoms with Gasteiger partial charge in [0.15, 0.2) is 0 Å². The summed E-state index contributed by atoms with van der Waals surface area (Å²) in [5.74, 6) is 0.328. The molecule has 0 saturated heterocycles. The largest absolute Gasteiger partial charge is 0.494 e. The van der Waals surface area contributed by atoms with E-state index in [1.807, 2.05) is 6.92 Å². The number of thiophene rings is 1. The van der Waals surface area contributed by atoms with E-state index in [1.165, 1.54) is 17.4 Å². The van der Waals surface area contributed by atoms with Crippen molar-refractivity contribution in [1.29, 1.82) is 0 Å². The molecule has 1 amide bonds. The summed E-state index contributed by atoms with van der Waals surface area (Å²) in [5.41, 5.74) is 0.499. The lowest BCUT2D eigenvalue weighted by Crippen LogP contribution is -2.30. The number of anilines is 1. The third kappa shape index (κ3) is 5.23. The third-order valence-corrected chi connectivity index (χ3v) is 6.92. The Morgan fingerprint density at radius 2 is 1.85 bits per heavy atom. The van der Waals surface area contributed by atoms with Crippen molar-refractivity contribution >= 4 is 33.0 Å². The lowest BCUT2D eigenvalue weighted by molar-refractivity contribution is 0.0954. The van der Waals surface area contributed by atoms with Crippen molar-refractivity contribution < 1.29 is 17.9 Å². The summed E-state index contributed by atoms with van der Waals surface area (Å²) in [6, 6.07) is 8.28. The van der Waals surface area contributed by atoms with Crippen LogP contribution in [0.1, 0.15) is 42.8 Å². The number of ether oxygens (including phenoxy) is 1. The molecule has 1 aromatic heterocycles. The van der Waals surface area contributed by atoms with Gasteiger partial charge in [0.2, 0.25) is 0 Å². The number of rotatable bonds is 10. The molecule has 1 heterocycles. The molecule has 27 heavy (non-hydrogen) atoms. The van der Waals surface area contributed by atoms with Crippen molar-refractivity contribution in [3.05, 3.63) is 40.6 Å². The van der Waals surface area contributed by atoms with Crippen LogP contribution in [-0.2, 0) is 10.0 Å². The minimum absolute atomic E-state index is 0.0249. The molecule has 2 aromatic rings. The number of hydrogen-bond donors (Lipinski definition) is 1. The van der Waals surface area contributed by atoms with E-state index in [0.29, 0.717) is 24.6 Å². The number of carbonyl (C=O) groups excluding carboxylic acids is 1. The van der Waals surface area contributed by atoms with Gasteiger partial charge < -0.3 is 10.1 Å². The average molecular weight is 411 g/mol. The van der Waals surface area contributed by atoms with E-state index in [4.69, 9.17) is 4.74 Å². The Hall–Kier alpha value is -2.06. The molecule has 0 spiro atoms. The number of amides is 1. The Kier molecular flexibility index (Phi) is 7.67. The highest BCUT2D eigenvalue weighted by Crippen LogP contribution is 2.29. The minimum atomic E-state index is -3.84. The van der Waals surface area contributed by atoms with Gasteiger partial charge in [-0.1, -0.05) is 19.8 Å². The molecule has 1 aromatic carbocycles. The van der Waals surface area contributed by atoms with Gasteiger partial charge in [0.05, 0.1) is 12.3 Å². The highest BCUT2D eigenvalue weighted by atomic mass is 32.2. The third-order valence-electron chi connectivity index (χ3n) is 4.05. The molecule has 0 saturated carbocycles. The van der Waals surface area contributed by atoms with Crippen LogP contribution in [0, 0.1) is 0 Å². The van der Waals surface area contributed by atoms with Crippen LogP contribution < -0.4 is 14.4 Å². The molecule has 148 valence electrons. The predicted molar refractivity (Wildman–Crippen MR) is 109 cm³/mol. The number of hydrogen-bond acceptors (Lipinski definition) is 5. The summed E-state index contributed by atoms with van der Waals surface area (Å²) in [4.78, 5) is 12.6. The Balaban J connectivity index is 2.19.